The van der Waals surface area contributed by atoms with Crippen molar-refractivity contribution in [2.45, 2.75) is 26.2 Å². The van der Waals surface area contributed by atoms with Crippen molar-refractivity contribution in [2.75, 3.05) is 13.2 Å². The molecule has 1 heterocycles. The third kappa shape index (κ3) is 4.24. The van der Waals surface area contributed by atoms with Crippen LogP contribution in [0, 0.1) is 0 Å². The van der Waals surface area contributed by atoms with Gasteiger partial charge in [-0.15, -0.1) is 11.3 Å². The van der Waals surface area contributed by atoms with Crippen molar-refractivity contribution >= 4 is 29.0 Å². The van der Waals surface area contributed by atoms with Crippen LogP contribution in [0.25, 0.3) is 10.1 Å². The zero-order valence-corrected chi connectivity index (χ0v) is 16.6. The monoisotopic (exact) mass is 392 g/mol. The van der Waals surface area contributed by atoms with E-state index in [-0.39, 0.29) is 13.2 Å². The lowest BCUT2D eigenvalue weighted by Gasteiger charge is -2.20. The van der Waals surface area contributed by atoms with Crippen LogP contribution in [0.15, 0.2) is 54.6 Å². The number of halogens is 1. The van der Waals surface area contributed by atoms with Crippen LogP contribution in [0.2, 0.25) is 0 Å². The van der Waals surface area contributed by atoms with Crippen LogP contribution in [0.4, 0.5) is 4.39 Å². The molecule has 0 amide bonds. The van der Waals surface area contributed by atoms with E-state index in [0.717, 1.165) is 16.5 Å². The molecular weight excluding hydrogens is 370 g/mol. The topological polar surface area (TPSA) is 35.5 Å². The lowest BCUT2D eigenvalue weighted by atomic mass is 10.1. The van der Waals surface area contributed by atoms with Crippen LogP contribution in [0.3, 0.4) is 0 Å². The van der Waals surface area contributed by atoms with Gasteiger partial charge in [-0.25, -0.2) is 4.39 Å². The van der Waals surface area contributed by atoms with E-state index < -0.39 is 13.5 Å². The molecule has 138 valence electrons. The van der Waals surface area contributed by atoms with E-state index in [1.54, 1.807) is 37.3 Å². The van der Waals surface area contributed by atoms with Crippen molar-refractivity contribution in [3.05, 3.63) is 70.6 Å². The molecule has 0 spiro atoms. The summed E-state index contributed by atoms with van der Waals surface area (Å²) in [5.74, 6) is -1.79. The fourth-order valence-corrected chi connectivity index (χ4v) is 5.52. The van der Waals surface area contributed by atoms with Crippen molar-refractivity contribution < 1.29 is 18.0 Å². The first-order valence-corrected chi connectivity index (χ1v) is 11.1. The summed E-state index contributed by atoms with van der Waals surface area (Å²) in [6, 6.07) is 17.6. The second-order valence-corrected chi connectivity index (χ2v) is 9.10. The van der Waals surface area contributed by atoms with Crippen LogP contribution in [0.5, 0.6) is 0 Å². The average Bonchev–Trinajstić information content (AvgIpc) is 3.03. The van der Waals surface area contributed by atoms with E-state index >= 15 is 0 Å². The van der Waals surface area contributed by atoms with Gasteiger partial charge in [0.1, 0.15) is 0 Å². The van der Waals surface area contributed by atoms with Gasteiger partial charge < -0.3 is 9.05 Å². The van der Waals surface area contributed by atoms with E-state index in [1.165, 1.54) is 10.4 Å². The first-order valence-electron chi connectivity index (χ1n) is 8.65. The summed E-state index contributed by atoms with van der Waals surface area (Å²) in [6.07, 6.45) is 0.838. The number of rotatable bonds is 8. The van der Waals surface area contributed by atoms with Crippen molar-refractivity contribution in [1.29, 1.82) is 0 Å². The van der Waals surface area contributed by atoms with E-state index in [0.29, 0.717) is 5.56 Å². The number of benzene rings is 2. The van der Waals surface area contributed by atoms with Gasteiger partial charge in [-0.05, 0) is 48.6 Å². The first-order chi connectivity index (χ1) is 12.6. The summed E-state index contributed by atoms with van der Waals surface area (Å²) >= 11 is 1.69. The highest BCUT2D eigenvalue weighted by Gasteiger charge is 2.37. The minimum atomic E-state index is -3.82. The van der Waals surface area contributed by atoms with Gasteiger partial charge in [0, 0.05) is 16.0 Å². The number of hydrogen-bond acceptors (Lipinski definition) is 4. The second-order valence-electron chi connectivity index (χ2n) is 5.88. The minimum Gasteiger partial charge on any atom is -0.307 e. The molecule has 0 saturated carbocycles. The quantitative estimate of drug-likeness (QED) is 0.399. The predicted molar refractivity (Wildman–Crippen MR) is 106 cm³/mol. The summed E-state index contributed by atoms with van der Waals surface area (Å²) in [7, 11) is -3.82. The molecule has 1 aromatic heterocycles. The van der Waals surface area contributed by atoms with Crippen LogP contribution in [0.1, 0.15) is 35.8 Å². The maximum Gasteiger partial charge on any atom is 0.369 e. The maximum atomic E-state index is 14.9. The highest BCUT2D eigenvalue weighted by molar-refractivity contribution is 7.54. The Bertz CT molecular complexity index is 900. The molecule has 2 aromatic carbocycles. The summed E-state index contributed by atoms with van der Waals surface area (Å²) < 4.78 is 39.0. The number of alkyl halides is 1. The van der Waals surface area contributed by atoms with Crippen LogP contribution in [-0.2, 0) is 20.0 Å². The molecule has 26 heavy (non-hydrogen) atoms. The van der Waals surface area contributed by atoms with Crippen LogP contribution >= 0.6 is 18.9 Å². The summed E-state index contributed by atoms with van der Waals surface area (Å²) in [4.78, 5) is 1.21. The van der Waals surface area contributed by atoms with Gasteiger partial charge >= 0.3 is 7.60 Å². The second kappa shape index (κ2) is 8.45. The zero-order chi connectivity index (χ0) is 18.6. The molecule has 1 atom stereocenters. The first kappa shape index (κ1) is 19.2. The largest absolute Gasteiger partial charge is 0.369 e. The number of hydrogen-bond donors (Lipinski definition) is 0. The molecular formula is C20H22FO3PS. The Hall–Kier alpha value is -1.52. The third-order valence-electron chi connectivity index (χ3n) is 3.98. The SMILES string of the molecule is CCOP(=O)(OCC)[C@H](F)c1ccc2sc(Cc3ccccc3)cc2c1. The van der Waals surface area contributed by atoms with Gasteiger partial charge in [-0.3, -0.25) is 4.57 Å². The summed E-state index contributed by atoms with van der Waals surface area (Å²) in [6.45, 7) is 3.63. The summed E-state index contributed by atoms with van der Waals surface area (Å²) in [5, 5.41) is 0.945. The molecule has 3 aromatic rings. The summed E-state index contributed by atoms with van der Waals surface area (Å²) in [5.41, 5.74) is 1.56. The molecule has 0 fully saturated rings. The van der Waals surface area contributed by atoms with Gasteiger partial charge in [0.15, 0.2) is 0 Å². The van der Waals surface area contributed by atoms with Crippen LogP contribution < -0.4 is 0 Å². The highest BCUT2D eigenvalue weighted by atomic mass is 32.1. The van der Waals surface area contributed by atoms with E-state index in [2.05, 4.69) is 18.2 Å². The Morgan fingerprint density at radius 2 is 1.73 bits per heavy atom. The fourth-order valence-electron chi connectivity index (χ4n) is 2.86. The Morgan fingerprint density at radius 1 is 1.04 bits per heavy atom. The predicted octanol–water partition coefficient (Wildman–Crippen LogP) is 6.73. The smallest absolute Gasteiger partial charge is 0.307 e. The molecule has 0 unspecified atom stereocenters. The van der Waals surface area contributed by atoms with Gasteiger partial charge in [0.2, 0.25) is 5.91 Å². The van der Waals surface area contributed by atoms with Crippen molar-refractivity contribution in [3.63, 3.8) is 0 Å². The number of fused-ring (bicyclic) bond motifs is 1. The van der Waals surface area contributed by atoms with Crippen molar-refractivity contribution in [2.24, 2.45) is 0 Å². The Balaban J connectivity index is 1.87. The van der Waals surface area contributed by atoms with E-state index in [9.17, 15) is 8.96 Å². The normalized spacial score (nSPS) is 13.2. The molecule has 0 radical (unpaired) electrons. The Morgan fingerprint density at radius 3 is 2.38 bits per heavy atom. The van der Waals surface area contributed by atoms with Gasteiger partial charge in [-0.1, -0.05) is 36.4 Å². The Kier molecular flexibility index (Phi) is 6.25. The van der Waals surface area contributed by atoms with Crippen molar-refractivity contribution in [1.82, 2.24) is 0 Å². The molecule has 0 N–H and O–H groups in total. The standard InChI is InChI=1S/C20H22FO3PS/c1-3-23-25(22,24-4-2)20(21)16-10-11-19-17(13-16)14-18(26-19)12-15-8-6-5-7-9-15/h5-11,13-14,20H,3-4,12H2,1-2H3/t20-/m0/s1. The number of thiophene rings is 1. The minimum absolute atomic E-state index is 0.139. The van der Waals surface area contributed by atoms with Gasteiger partial charge in [-0.2, -0.15) is 0 Å². The van der Waals surface area contributed by atoms with Crippen LogP contribution in [-0.4, -0.2) is 13.2 Å². The molecule has 0 bridgehead atoms. The molecule has 3 rings (SSSR count). The van der Waals surface area contributed by atoms with E-state index in [1.807, 2.05) is 24.3 Å². The van der Waals surface area contributed by atoms with E-state index in [4.69, 9.17) is 9.05 Å². The lowest BCUT2D eigenvalue weighted by molar-refractivity contribution is 0.190. The molecule has 0 saturated heterocycles. The maximum absolute atomic E-state index is 14.9. The third-order valence-corrected chi connectivity index (χ3v) is 7.19. The molecule has 6 heteroatoms. The van der Waals surface area contributed by atoms with Crippen molar-refractivity contribution in [3.8, 4) is 0 Å². The molecule has 0 aliphatic carbocycles. The van der Waals surface area contributed by atoms with Gasteiger partial charge in [0.05, 0.1) is 13.2 Å². The zero-order valence-electron chi connectivity index (χ0n) is 14.9. The molecule has 0 aliphatic heterocycles. The average molecular weight is 392 g/mol. The Labute approximate surface area is 157 Å². The van der Waals surface area contributed by atoms with Gasteiger partial charge in [0.25, 0.3) is 0 Å². The fraction of sp³-hybridized carbons (Fsp3) is 0.300. The molecule has 3 nitrogen and oxygen atoms in total. The lowest BCUT2D eigenvalue weighted by Crippen LogP contribution is -2.02. The molecule has 0 aliphatic rings. The highest BCUT2D eigenvalue weighted by Crippen LogP contribution is 2.61.